The molecule has 1 saturated carbocycles. The fourth-order valence-electron chi connectivity index (χ4n) is 1.18. The molecule has 1 rings (SSSR count). The molecule has 3 nitrogen and oxygen atoms in total. The van der Waals surface area contributed by atoms with Crippen molar-refractivity contribution in [1.29, 1.82) is 0 Å². The molecular weight excluding hydrogens is 129 g/mol. The lowest BCUT2D eigenvalue weighted by Gasteiger charge is -2.37. The zero-order valence-corrected chi connectivity index (χ0v) is 6.02. The van der Waals surface area contributed by atoms with Gasteiger partial charge in [0.05, 0.1) is 5.54 Å². The molecule has 0 bridgehead atoms. The Morgan fingerprint density at radius 3 is 2.30 bits per heavy atom. The van der Waals surface area contributed by atoms with Crippen LogP contribution in [0.5, 0.6) is 0 Å². The van der Waals surface area contributed by atoms with Crippen molar-refractivity contribution >= 4 is 19.9 Å². The Hall–Kier alpha value is -0.795. The van der Waals surface area contributed by atoms with Crippen LogP contribution in [0.3, 0.4) is 0 Å². The van der Waals surface area contributed by atoms with Crippen LogP contribution in [-0.2, 0) is 4.79 Å². The number of rotatable bonds is 2. The summed E-state index contributed by atoms with van der Waals surface area (Å²) in [5, 5.41) is 2.64. The highest BCUT2D eigenvalue weighted by molar-refractivity contribution is 6.57. The summed E-state index contributed by atoms with van der Waals surface area (Å²) in [6.45, 7) is 0. The van der Waals surface area contributed by atoms with Crippen LogP contribution in [0.1, 0.15) is 19.3 Å². The largest absolute Gasteiger partial charge is 0.353 e. The maximum atomic E-state index is 10.5. The third kappa shape index (κ3) is 1.20. The summed E-state index contributed by atoms with van der Waals surface area (Å²) < 4.78 is 0. The smallest absolute Gasteiger partial charge is 0.215 e. The van der Waals surface area contributed by atoms with Crippen molar-refractivity contribution in [3.05, 3.63) is 0 Å². The Morgan fingerprint density at radius 2 is 2.20 bits per heavy atom. The van der Waals surface area contributed by atoms with Gasteiger partial charge in [0.1, 0.15) is 6.29 Å². The van der Waals surface area contributed by atoms with Crippen molar-refractivity contribution in [2.24, 2.45) is 0 Å². The number of aldehydes is 1. The fourth-order valence-corrected chi connectivity index (χ4v) is 1.18. The van der Waals surface area contributed by atoms with Gasteiger partial charge in [-0.1, -0.05) is 0 Å². The van der Waals surface area contributed by atoms with Crippen molar-refractivity contribution in [1.82, 2.24) is 5.32 Å². The molecule has 1 aliphatic rings. The highest BCUT2D eigenvalue weighted by atomic mass is 16.1. The van der Waals surface area contributed by atoms with Gasteiger partial charge in [-0.15, -0.1) is 0 Å². The first-order valence-corrected chi connectivity index (χ1v) is 3.44. The number of nitrogens with one attached hydrogen (secondary N) is 1. The molecule has 0 aromatic rings. The summed E-state index contributed by atoms with van der Waals surface area (Å²) >= 11 is 0. The maximum Gasteiger partial charge on any atom is 0.215 e. The first-order chi connectivity index (χ1) is 4.68. The van der Waals surface area contributed by atoms with Crippen LogP contribution in [0.25, 0.3) is 0 Å². The van der Waals surface area contributed by atoms with E-state index in [4.69, 9.17) is 0 Å². The standard InChI is InChI=1S/C6H10BNO2/c7-5(10)8-6(4-9)2-1-3-6/h4H,1-3,7H2,(H,8,10). The third-order valence-electron chi connectivity index (χ3n) is 1.90. The molecule has 10 heavy (non-hydrogen) atoms. The number of amides is 1. The molecule has 0 heterocycles. The second kappa shape index (κ2) is 2.44. The van der Waals surface area contributed by atoms with Crippen molar-refractivity contribution in [2.45, 2.75) is 24.8 Å². The van der Waals surface area contributed by atoms with E-state index in [1.807, 2.05) is 0 Å². The first kappa shape index (κ1) is 7.31. The molecule has 0 saturated heterocycles. The predicted octanol–water partition coefficient (Wildman–Crippen LogP) is -0.549. The molecule has 0 spiro atoms. The molecule has 1 aliphatic carbocycles. The average molecular weight is 139 g/mol. The van der Waals surface area contributed by atoms with E-state index in [-0.39, 0.29) is 5.81 Å². The zero-order chi connectivity index (χ0) is 7.61. The highest BCUT2D eigenvalue weighted by Crippen LogP contribution is 2.29. The van der Waals surface area contributed by atoms with Crippen LogP contribution >= 0.6 is 0 Å². The molecule has 0 unspecified atom stereocenters. The Bertz CT molecular complexity index is 165. The van der Waals surface area contributed by atoms with Gasteiger partial charge in [-0.05, 0) is 19.3 Å². The fraction of sp³-hybridized carbons (Fsp3) is 0.667. The van der Waals surface area contributed by atoms with Gasteiger partial charge in [0.2, 0.25) is 7.85 Å². The Balaban J connectivity index is 2.48. The molecule has 1 amide bonds. The van der Waals surface area contributed by atoms with Crippen LogP contribution < -0.4 is 5.32 Å². The monoisotopic (exact) mass is 139 g/mol. The van der Waals surface area contributed by atoms with Crippen LogP contribution in [0, 0.1) is 0 Å². The van der Waals surface area contributed by atoms with Crippen LogP contribution in [-0.4, -0.2) is 25.5 Å². The lowest BCUT2D eigenvalue weighted by molar-refractivity contribution is -0.115. The van der Waals surface area contributed by atoms with Gasteiger partial charge < -0.3 is 10.1 Å². The van der Waals surface area contributed by atoms with E-state index in [1.165, 1.54) is 7.85 Å². The summed E-state index contributed by atoms with van der Waals surface area (Å²) in [4.78, 5) is 21.0. The summed E-state index contributed by atoms with van der Waals surface area (Å²) in [7, 11) is 1.43. The maximum absolute atomic E-state index is 10.5. The minimum absolute atomic E-state index is 0.119. The number of carbonyl (C=O) groups is 2. The molecule has 0 aromatic heterocycles. The van der Waals surface area contributed by atoms with E-state index in [1.54, 1.807) is 0 Å². The van der Waals surface area contributed by atoms with Crippen LogP contribution in [0.2, 0.25) is 0 Å². The number of hydrogen-bond acceptors (Lipinski definition) is 2. The first-order valence-electron chi connectivity index (χ1n) is 3.44. The number of hydrogen-bond donors (Lipinski definition) is 1. The van der Waals surface area contributed by atoms with E-state index < -0.39 is 5.54 Å². The van der Waals surface area contributed by atoms with E-state index in [2.05, 4.69) is 5.32 Å². The van der Waals surface area contributed by atoms with E-state index in [0.29, 0.717) is 0 Å². The lowest BCUT2D eigenvalue weighted by atomic mass is 9.77. The van der Waals surface area contributed by atoms with Crippen molar-refractivity contribution in [3.8, 4) is 0 Å². The zero-order valence-electron chi connectivity index (χ0n) is 6.02. The second-order valence-corrected chi connectivity index (χ2v) is 2.81. The van der Waals surface area contributed by atoms with Crippen molar-refractivity contribution in [3.63, 3.8) is 0 Å². The van der Waals surface area contributed by atoms with Gasteiger partial charge in [0.25, 0.3) is 0 Å². The van der Waals surface area contributed by atoms with E-state index in [9.17, 15) is 9.59 Å². The number of carbonyl (C=O) groups excluding carboxylic acids is 2. The third-order valence-corrected chi connectivity index (χ3v) is 1.90. The molecular formula is C6H10BNO2. The van der Waals surface area contributed by atoms with E-state index in [0.717, 1.165) is 25.5 Å². The summed E-state index contributed by atoms with van der Waals surface area (Å²) in [5.41, 5.74) is -0.494. The van der Waals surface area contributed by atoms with Gasteiger partial charge in [-0.3, -0.25) is 4.79 Å². The summed E-state index contributed by atoms with van der Waals surface area (Å²) in [6, 6.07) is 0. The normalized spacial score (nSPS) is 20.8. The van der Waals surface area contributed by atoms with Crippen LogP contribution in [0.15, 0.2) is 0 Å². The Kier molecular flexibility index (Phi) is 1.79. The van der Waals surface area contributed by atoms with Crippen molar-refractivity contribution in [2.75, 3.05) is 0 Å². The molecule has 4 heteroatoms. The van der Waals surface area contributed by atoms with Gasteiger partial charge in [0, 0.05) is 0 Å². The van der Waals surface area contributed by atoms with E-state index >= 15 is 0 Å². The quantitative estimate of drug-likeness (QED) is 0.412. The highest BCUT2D eigenvalue weighted by Gasteiger charge is 2.36. The predicted molar refractivity (Wildman–Crippen MR) is 39.7 cm³/mol. The molecule has 0 radical (unpaired) electrons. The summed E-state index contributed by atoms with van der Waals surface area (Å²) in [6.07, 6.45) is 3.49. The van der Waals surface area contributed by atoms with Crippen molar-refractivity contribution < 1.29 is 9.59 Å². The molecule has 54 valence electrons. The molecule has 0 aliphatic heterocycles. The minimum Gasteiger partial charge on any atom is -0.353 e. The topological polar surface area (TPSA) is 46.2 Å². The minimum atomic E-state index is -0.494. The second-order valence-electron chi connectivity index (χ2n) is 2.81. The Morgan fingerprint density at radius 1 is 1.60 bits per heavy atom. The van der Waals surface area contributed by atoms with Gasteiger partial charge in [-0.25, -0.2) is 0 Å². The van der Waals surface area contributed by atoms with Crippen LogP contribution in [0.4, 0.5) is 4.79 Å². The van der Waals surface area contributed by atoms with Gasteiger partial charge in [-0.2, -0.15) is 0 Å². The summed E-state index contributed by atoms with van der Waals surface area (Å²) in [5.74, 6) is -0.119. The van der Waals surface area contributed by atoms with Gasteiger partial charge in [0.15, 0.2) is 5.81 Å². The van der Waals surface area contributed by atoms with Gasteiger partial charge >= 0.3 is 0 Å². The SMILES string of the molecule is BC(=O)NC1(C=O)CCC1. The molecule has 0 atom stereocenters. The molecule has 0 aromatic carbocycles. The molecule has 1 fully saturated rings. The lowest BCUT2D eigenvalue weighted by Crippen LogP contribution is -2.54. The molecule has 1 N–H and O–H groups in total. The Labute approximate surface area is 60.6 Å². The average Bonchev–Trinajstić information content (AvgIpc) is 1.78.